The zero-order valence-corrected chi connectivity index (χ0v) is 20.2. The average molecular weight is 478 g/mol. The molecule has 2 aromatic carbocycles. The Bertz CT molecular complexity index is 1050. The predicted molar refractivity (Wildman–Crippen MR) is 126 cm³/mol. The fraction of sp³-hybridized carbons (Fsp3) is 0.391. The highest BCUT2D eigenvalue weighted by Gasteiger charge is 2.23. The van der Waals surface area contributed by atoms with E-state index in [-0.39, 0.29) is 17.3 Å². The van der Waals surface area contributed by atoms with Crippen LogP contribution in [-0.4, -0.2) is 57.9 Å². The summed E-state index contributed by atoms with van der Waals surface area (Å²) in [5.74, 6) is 0.660. The zero-order valence-electron chi connectivity index (χ0n) is 19.4. The number of hydrogen-bond donors (Lipinski definition) is 2. The van der Waals surface area contributed by atoms with E-state index in [0.29, 0.717) is 43.4 Å². The molecule has 0 fully saturated rings. The van der Waals surface area contributed by atoms with Crippen LogP contribution >= 0.6 is 0 Å². The van der Waals surface area contributed by atoms with Gasteiger partial charge in [0.2, 0.25) is 21.8 Å². The van der Waals surface area contributed by atoms with Gasteiger partial charge in [-0.25, -0.2) is 8.42 Å². The average Bonchev–Trinajstić information content (AvgIpc) is 2.75. The molecule has 0 bridgehead atoms. The second-order valence-corrected chi connectivity index (χ2v) is 9.26. The number of carbonyl (C=O) groups is 2. The molecule has 0 saturated carbocycles. The minimum absolute atomic E-state index is 0.0322. The Balaban J connectivity index is 1.91. The second-order valence-electron chi connectivity index (χ2n) is 7.21. The minimum atomic E-state index is -3.85. The lowest BCUT2D eigenvalue weighted by molar-refractivity contribution is -0.121. The highest BCUT2D eigenvalue weighted by atomic mass is 32.2. The van der Waals surface area contributed by atoms with Gasteiger partial charge in [-0.05, 0) is 62.2 Å². The van der Waals surface area contributed by atoms with Gasteiger partial charge in [0.1, 0.15) is 0 Å². The third-order valence-corrected chi connectivity index (χ3v) is 6.41. The van der Waals surface area contributed by atoms with Crippen molar-refractivity contribution in [2.24, 2.45) is 0 Å². The van der Waals surface area contributed by atoms with Crippen molar-refractivity contribution in [3.05, 3.63) is 48.0 Å². The molecule has 0 unspecified atom stereocenters. The number of amides is 2. The number of likely N-dealkylation sites (N-methyl/N-ethyl adjacent to an activating group) is 1. The van der Waals surface area contributed by atoms with Crippen LogP contribution in [0, 0.1) is 0 Å². The summed E-state index contributed by atoms with van der Waals surface area (Å²) < 4.78 is 37.6. The standard InChI is InChI=1S/C23H31N3O6S/c1-5-31-21-12-7-18(15-22(21)32-6-2)13-14-24-23(28)16-26(4)33(29,30)20-10-8-19(9-11-20)25-17(3)27/h7-12,15H,5-6,13-14,16H2,1-4H3,(H,24,28)(H,25,27). The van der Waals surface area contributed by atoms with E-state index in [1.165, 1.54) is 38.2 Å². The molecule has 0 aliphatic heterocycles. The summed E-state index contributed by atoms with van der Waals surface area (Å²) in [5.41, 5.74) is 1.45. The summed E-state index contributed by atoms with van der Waals surface area (Å²) in [6.45, 7) is 6.23. The van der Waals surface area contributed by atoms with Crippen LogP contribution in [0.3, 0.4) is 0 Å². The molecule has 0 heterocycles. The molecule has 10 heteroatoms. The van der Waals surface area contributed by atoms with E-state index in [9.17, 15) is 18.0 Å². The number of ether oxygens (including phenoxy) is 2. The lowest BCUT2D eigenvalue weighted by Gasteiger charge is -2.17. The summed E-state index contributed by atoms with van der Waals surface area (Å²) in [5, 5.41) is 5.32. The lowest BCUT2D eigenvalue weighted by atomic mass is 10.1. The fourth-order valence-electron chi connectivity index (χ4n) is 3.03. The summed E-state index contributed by atoms with van der Waals surface area (Å²) in [6.07, 6.45) is 0.555. The second kappa shape index (κ2) is 12.2. The molecule has 0 aliphatic carbocycles. The van der Waals surface area contributed by atoms with E-state index in [2.05, 4.69) is 10.6 Å². The summed E-state index contributed by atoms with van der Waals surface area (Å²) >= 11 is 0. The van der Waals surface area contributed by atoms with Gasteiger partial charge in [0.15, 0.2) is 11.5 Å². The molecule has 2 aromatic rings. The first-order valence-electron chi connectivity index (χ1n) is 10.7. The number of nitrogens with one attached hydrogen (secondary N) is 2. The Morgan fingerprint density at radius 3 is 2.21 bits per heavy atom. The van der Waals surface area contributed by atoms with Gasteiger partial charge in [-0.15, -0.1) is 0 Å². The Kier molecular flexibility index (Phi) is 9.68. The molecule has 2 rings (SSSR count). The summed E-state index contributed by atoms with van der Waals surface area (Å²) in [7, 11) is -2.50. The monoisotopic (exact) mass is 477 g/mol. The van der Waals surface area contributed by atoms with Gasteiger partial charge in [0.05, 0.1) is 24.7 Å². The van der Waals surface area contributed by atoms with Gasteiger partial charge in [0.25, 0.3) is 0 Å². The number of rotatable bonds is 12. The maximum absolute atomic E-state index is 12.7. The van der Waals surface area contributed by atoms with Crippen molar-refractivity contribution < 1.29 is 27.5 Å². The summed E-state index contributed by atoms with van der Waals surface area (Å²) in [6, 6.07) is 11.4. The molecule has 0 radical (unpaired) electrons. The van der Waals surface area contributed by atoms with Gasteiger partial charge in [-0.1, -0.05) is 6.07 Å². The van der Waals surface area contributed by atoms with Crippen molar-refractivity contribution in [2.45, 2.75) is 32.1 Å². The van der Waals surface area contributed by atoms with Crippen LogP contribution in [0.4, 0.5) is 5.69 Å². The molecular formula is C23H31N3O6S. The summed E-state index contributed by atoms with van der Waals surface area (Å²) in [4.78, 5) is 23.4. The normalized spacial score (nSPS) is 11.2. The van der Waals surface area contributed by atoms with Crippen LogP contribution in [0.2, 0.25) is 0 Å². The maximum atomic E-state index is 12.7. The number of benzene rings is 2. The van der Waals surface area contributed by atoms with Crippen LogP contribution in [0.25, 0.3) is 0 Å². The van der Waals surface area contributed by atoms with Crippen LogP contribution in [-0.2, 0) is 26.0 Å². The molecular weight excluding hydrogens is 446 g/mol. The van der Waals surface area contributed by atoms with Gasteiger partial charge >= 0.3 is 0 Å². The van der Waals surface area contributed by atoms with Gasteiger partial charge in [0, 0.05) is 26.2 Å². The molecule has 180 valence electrons. The third-order valence-electron chi connectivity index (χ3n) is 4.59. The number of anilines is 1. The topological polar surface area (TPSA) is 114 Å². The van der Waals surface area contributed by atoms with Gasteiger partial charge in [-0.3, -0.25) is 9.59 Å². The molecule has 0 saturated heterocycles. The Labute approximate surface area is 195 Å². The third kappa shape index (κ3) is 7.76. The first-order valence-corrected chi connectivity index (χ1v) is 12.1. The van der Waals surface area contributed by atoms with E-state index in [1.54, 1.807) is 0 Å². The molecule has 33 heavy (non-hydrogen) atoms. The Morgan fingerprint density at radius 1 is 0.970 bits per heavy atom. The van der Waals surface area contributed by atoms with Crippen molar-refractivity contribution in [1.82, 2.24) is 9.62 Å². The van der Waals surface area contributed by atoms with Crippen molar-refractivity contribution in [3.63, 3.8) is 0 Å². The minimum Gasteiger partial charge on any atom is -0.490 e. The number of hydrogen-bond acceptors (Lipinski definition) is 6. The first kappa shape index (κ1) is 26.1. The molecule has 0 aliphatic rings. The number of carbonyl (C=O) groups excluding carboxylic acids is 2. The van der Waals surface area contributed by atoms with E-state index in [4.69, 9.17) is 9.47 Å². The molecule has 2 N–H and O–H groups in total. The van der Waals surface area contributed by atoms with Crippen LogP contribution < -0.4 is 20.1 Å². The maximum Gasteiger partial charge on any atom is 0.243 e. The Hall–Kier alpha value is -3.11. The van der Waals surface area contributed by atoms with Crippen LogP contribution in [0.5, 0.6) is 11.5 Å². The van der Waals surface area contributed by atoms with Crippen LogP contribution in [0.15, 0.2) is 47.4 Å². The van der Waals surface area contributed by atoms with E-state index < -0.39 is 15.9 Å². The van der Waals surface area contributed by atoms with E-state index >= 15 is 0 Å². The SMILES string of the molecule is CCOc1ccc(CCNC(=O)CN(C)S(=O)(=O)c2ccc(NC(C)=O)cc2)cc1OCC. The molecule has 2 amide bonds. The predicted octanol–water partition coefficient (Wildman–Crippen LogP) is 2.42. The largest absolute Gasteiger partial charge is 0.490 e. The van der Waals surface area contributed by atoms with E-state index in [0.717, 1.165) is 9.87 Å². The Morgan fingerprint density at radius 2 is 1.61 bits per heavy atom. The zero-order chi connectivity index (χ0) is 24.4. The number of nitrogens with zero attached hydrogens (tertiary/aromatic N) is 1. The number of sulfonamides is 1. The fourth-order valence-corrected chi connectivity index (χ4v) is 4.16. The highest BCUT2D eigenvalue weighted by Crippen LogP contribution is 2.28. The van der Waals surface area contributed by atoms with Gasteiger partial charge in [-0.2, -0.15) is 4.31 Å². The van der Waals surface area contributed by atoms with Crippen molar-refractivity contribution in [3.8, 4) is 11.5 Å². The smallest absolute Gasteiger partial charge is 0.243 e. The molecule has 0 atom stereocenters. The van der Waals surface area contributed by atoms with E-state index in [1.807, 2.05) is 32.0 Å². The van der Waals surface area contributed by atoms with Crippen LogP contribution in [0.1, 0.15) is 26.3 Å². The quantitative estimate of drug-likeness (QED) is 0.485. The van der Waals surface area contributed by atoms with Crippen molar-refractivity contribution in [2.75, 3.05) is 38.7 Å². The van der Waals surface area contributed by atoms with Gasteiger partial charge < -0.3 is 20.1 Å². The molecule has 0 aromatic heterocycles. The first-order chi connectivity index (χ1) is 15.7. The lowest BCUT2D eigenvalue weighted by Crippen LogP contribution is -2.39. The van der Waals surface area contributed by atoms with Crippen molar-refractivity contribution in [1.29, 1.82) is 0 Å². The highest BCUT2D eigenvalue weighted by molar-refractivity contribution is 7.89. The molecule has 9 nitrogen and oxygen atoms in total. The molecule has 0 spiro atoms. The van der Waals surface area contributed by atoms with Crippen molar-refractivity contribution >= 4 is 27.5 Å².